The van der Waals surface area contributed by atoms with Crippen LogP contribution in [0.25, 0.3) is 0 Å². The van der Waals surface area contributed by atoms with Gasteiger partial charge in [-0.15, -0.1) is 0 Å². The molecule has 0 aromatic heterocycles. The number of carbonyl (C=O) groups is 1. The number of hydrogen-bond acceptors (Lipinski definition) is 4. The molecule has 1 aromatic rings. The van der Waals surface area contributed by atoms with E-state index in [9.17, 15) is 13.2 Å². The summed E-state index contributed by atoms with van der Waals surface area (Å²) in [6.07, 6.45) is 1.77. The van der Waals surface area contributed by atoms with Crippen LogP contribution in [-0.4, -0.2) is 44.3 Å². The minimum Gasteiger partial charge on any atom is -0.348 e. The van der Waals surface area contributed by atoms with Gasteiger partial charge in [0.1, 0.15) is 0 Å². The topological polar surface area (TPSA) is 92.5 Å². The van der Waals surface area contributed by atoms with Gasteiger partial charge in [0.25, 0.3) is 5.91 Å². The molecule has 1 amide bonds. The van der Waals surface area contributed by atoms with Crippen LogP contribution in [0.1, 0.15) is 37.0 Å². The first-order valence-corrected chi connectivity index (χ1v) is 9.39. The smallest absolute Gasteiger partial charge is 0.251 e. The Labute approximate surface area is 138 Å². The lowest BCUT2D eigenvalue weighted by Crippen LogP contribution is -2.38. The molecule has 2 rings (SSSR count). The van der Waals surface area contributed by atoms with E-state index in [1.165, 1.54) is 28.6 Å². The summed E-state index contributed by atoms with van der Waals surface area (Å²) < 4.78 is 26.7. The highest BCUT2D eigenvalue weighted by molar-refractivity contribution is 7.89. The summed E-state index contributed by atoms with van der Waals surface area (Å²) in [5.41, 5.74) is 5.90. The highest BCUT2D eigenvalue weighted by atomic mass is 32.2. The van der Waals surface area contributed by atoms with Crippen LogP contribution >= 0.6 is 0 Å². The molecule has 1 atom stereocenters. The number of benzene rings is 1. The van der Waals surface area contributed by atoms with E-state index in [0.29, 0.717) is 31.1 Å². The Morgan fingerprint density at radius 1 is 1.30 bits per heavy atom. The zero-order valence-corrected chi connectivity index (χ0v) is 14.5. The molecule has 0 spiro atoms. The second-order valence-electron chi connectivity index (χ2n) is 6.22. The maximum atomic E-state index is 12.6. The lowest BCUT2D eigenvalue weighted by molar-refractivity contribution is 0.0941. The maximum Gasteiger partial charge on any atom is 0.251 e. The first-order chi connectivity index (χ1) is 10.8. The number of hydrogen-bond donors (Lipinski definition) is 2. The number of rotatable bonds is 5. The summed E-state index contributed by atoms with van der Waals surface area (Å²) in [5, 5.41) is 2.75. The van der Waals surface area contributed by atoms with Crippen molar-refractivity contribution in [3.63, 3.8) is 0 Å². The van der Waals surface area contributed by atoms with E-state index >= 15 is 0 Å². The monoisotopic (exact) mass is 339 g/mol. The number of amides is 1. The SMILES string of the molecule is CC1CCN(S(=O)(=O)c2ccc(C(=O)N[C@@H](C)CN)cc2)CC1. The number of nitrogens with two attached hydrogens (primary N) is 1. The van der Waals surface area contributed by atoms with Crippen LogP contribution in [0.4, 0.5) is 0 Å². The second kappa shape index (κ2) is 7.42. The predicted molar refractivity (Wildman–Crippen MR) is 89.6 cm³/mol. The van der Waals surface area contributed by atoms with Gasteiger partial charge in [0.05, 0.1) is 4.90 Å². The molecule has 6 nitrogen and oxygen atoms in total. The first-order valence-electron chi connectivity index (χ1n) is 7.95. The predicted octanol–water partition coefficient (Wildman–Crippen LogP) is 1.18. The number of piperidine rings is 1. The van der Waals surface area contributed by atoms with Crippen molar-refractivity contribution >= 4 is 15.9 Å². The van der Waals surface area contributed by atoms with E-state index in [1.54, 1.807) is 0 Å². The van der Waals surface area contributed by atoms with Crippen LogP contribution in [0, 0.1) is 5.92 Å². The van der Waals surface area contributed by atoms with Crippen molar-refractivity contribution in [3.8, 4) is 0 Å². The molecule has 1 heterocycles. The van der Waals surface area contributed by atoms with Gasteiger partial charge in [-0.2, -0.15) is 4.31 Å². The fourth-order valence-corrected chi connectivity index (χ4v) is 3.99. The van der Waals surface area contributed by atoms with E-state index in [-0.39, 0.29) is 16.8 Å². The third kappa shape index (κ3) is 4.31. The molecule has 3 N–H and O–H groups in total. The van der Waals surface area contributed by atoms with Crippen molar-refractivity contribution in [3.05, 3.63) is 29.8 Å². The van der Waals surface area contributed by atoms with E-state index in [4.69, 9.17) is 5.73 Å². The van der Waals surface area contributed by atoms with E-state index < -0.39 is 10.0 Å². The van der Waals surface area contributed by atoms with Crippen molar-refractivity contribution in [2.75, 3.05) is 19.6 Å². The van der Waals surface area contributed by atoms with Crippen molar-refractivity contribution in [1.29, 1.82) is 0 Å². The molecule has 1 aromatic carbocycles. The van der Waals surface area contributed by atoms with Gasteiger partial charge in [0.15, 0.2) is 0 Å². The highest BCUT2D eigenvalue weighted by Gasteiger charge is 2.28. The van der Waals surface area contributed by atoms with Gasteiger partial charge in [-0.05, 0) is 49.9 Å². The van der Waals surface area contributed by atoms with Crippen LogP contribution in [0.2, 0.25) is 0 Å². The molecule has 0 radical (unpaired) electrons. The molecule has 7 heteroatoms. The van der Waals surface area contributed by atoms with Crippen LogP contribution < -0.4 is 11.1 Å². The summed E-state index contributed by atoms with van der Waals surface area (Å²) >= 11 is 0. The minimum atomic E-state index is -3.47. The lowest BCUT2D eigenvalue weighted by Gasteiger charge is -2.29. The van der Waals surface area contributed by atoms with E-state index in [1.807, 2.05) is 6.92 Å². The Kier molecular flexibility index (Phi) is 5.78. The molecule has 1 fully saturated rings. The molecular formula is C16H25N3O3S. The van der Waals surface area contributed by atoms with E-state index in [0.717, 1.165) is 12.8 Å². The molecule has 0 aliphatic carbocycles. The quantitative estimate of drug-likeness (QED) is 0.842. The van der Waals surface area contributed by atoms with Gasteiger partial charge in [-0.25, -0.2) is 8.42 Å². The molecule has 1 saturated heterocycles. The fourth-order valence-electron chi connectivity index (χ4n) is 2.52. The molecule has 1 aliphatic rings. The van der Waals surface area contributed by atoms with Gasteiger partial charge < -0.3 is 11.1 Å². The highest BCUT2D eigenvalue weighted by Crippen LogP contribution is 2.23. The first kappa shape index (κ1) is 17.9. The second-order valence-corrected chi connectivity index (χ2v) is 8.16. The number of carbonyl (C=O) groups excluding carboxylic acids is 1. The Balaban J connectivity index is 2.11. The zero-order valence-electron chi connectivity index (χ0n) is 13.7. The molecule has 0 saturated carbocycles. The third-order valence-corrected chi connectivity index (χ3v) is 6.14. The largest absolute Gasteiger partial charge is 0.348 e. The molecule has 0 bridgehead atoms. The maximum absolute atomic E-state index is 12.6. The Morgan fingerprint density at radius 3 is 2.39 bits per heavy atom. The zero-order chi connectivity index (χ0) is 17.0. The summed E-state index contributed by atoms with van der Waals surface area (Å²) in [6.45, 7) is 5.42. The van der Waals surface area contributed by atoms with Gasteiger partial charge in [-0.1, -0.05) is 6.92 Å². The third-order valence-electron chi connectivity index (χ3n) is 4.23. The normalized spacial score (nSPS) is 18.6. The average molecular weight is 339 g/mol. The van der Waals surface area contributed by atoms with Crippen molar-refractivity contribution in [2.24, 2.45) is 11.7 Å². The van der Waals surface area contributed by atoms with Crippen LogP contribution in [-0.2, 0) is 10.0 Å². The van der Waals surface area contributed by atoms with Crippen molar-refractivity contribution in [1.82, 2.24) is 9.62 Å². The summed E-state index contributed by atoms with van der Waals surface area (Å²) in [5.74, 6) is 0.316. The molecule has 128 valence electrons. The molecule has 0 unspecified atom stereocenters. The Hall–Kier alpha value is -1.44. The summed E-state index contributed by atoms with van der Waals surface area (Å²) in [4.78, 5) is 12.2. The fraction of sp³-hybridized carbons (Fsp3) is 0.562. The van der Waals surface area contributed by atoms with E-state index in [2.05, 4.69) is 12.2 Å². The molecule has 1 aliphatic heterocycles. The van der Waals surface area contributed by atoms with Crippen molar-refractivity contribution in [2.45, 2.75) is 37.6 Å². The van der Waals surface area contributed by atoms with Crippen molar-refractivity contribution < 1.29 is 13.2 Å². The summed E-state index contributed by atoms with van der Waals surface area (Å²) in [7, 11) is -3.47. The van der Waals surface area contributed by atoms with Gasteiger partial charge in [-0.3, -0.25) is 4.79 Å². The lowest BCUT2D eigenvalue weighted by atomic mass is 10.0. The van der Waals surface area contributed by atoms with Gasteiger partial charge in [0, 0.05) is 31.2 Å². The molecule has 23 heavy (non-hydrogen) atoms. The average Bonchev–Trinajstić information content (AvgIpc) is 2.55. The molecular weight excluding hydrogens is 314 g/mol. The minimum absolute atomic E-state index is 0.124. The summed E-state index contributed by atoms with van der Waals surface area (Å²) in [6, 6.07) is 5.95. The van der Waals surface area contributed by atoms with Crippen LogP contribution in [0.15, 0.2) is 29.2 Å². The number of sulfonamides is 1. The Bertz CT molecular complexity index is 635. The number of nitrogens with zero attached hydrogens (tertiary/aromatic N) is 1. The van der Waals surface area contributed by atoms with Crippen LogP contribution in [0.3, 0.4) is 0 Å². The standard InChI is InChI=1S/C16H25N3O3S/c1-12-7-9-19(10-8-12)23(21,22)15-5-3-14(4-6-15)16(20)18-13(2)11-17/h3-6,12-13H,7-11,17H2,1-2H3,(H,18,20)/t13-/m0/s1. The van der Waals surface area contributed by atoms with Gasteiger partial charge in [0.2, 0.25) is 10.0 Å². The number of nitrogens with one attached hydrogen (secondary N) is 1. The van der Waals surface area contributed by atoms with Gasteiger partial charge >= 0.3 is 0 Å². The Morgan fingerprint density at radius 2 is 1.87 bits per heavy atom. The van der Waals surface area contributed by atoms with Crippen LogP contribution in [0.5, 0.6) is 0 Å².